The molecule has 0 aliphatic heterocycles. The first-order valence-electron chi connectivity index (χ1n) is 6.67. The predicted molar refractivity (Wildman–Crippen MR) is 72.1 cm³/mol. The van der Waals surface area contributed by atoms with Gasteiger partial charge in [0, 0.05) is 31.5 Å². The van der Waals surface area contributed by atoms with Crippen molar-refractivity contribution in [1.82, 2.24) is 9.88 Å². The van der Waals surface area contributed by atoms with E-state index < -0.39 is 5.60 Å². The molecule has 0 aromatic carbocycles. The zero-order valence-corrected chi connectivity index (χ0v) is 11.0. The maximum absolute atomic E-state index is 10.5. The number of aromatic nitrogens is 1. The van der Waals surface area contributed by atoms with Gasteiger partial charge in [-0.15, -0.1) is 0 Å². The van der Waals surface area contributed by atoms with Crippen LogP contribution >= 0.6 is 0 Å². The molecule has 1 aliphatic rings. The Hall–Kier alpha value is -0.970. The first kappa shape index (κ1) is 13.5. The zero-order valence-electron chi connectivity index (χ0n) is 11.0. The van der Waals surface area contributed by atoms with Gasteiger partial charge in [0.1, 0.15) is 0 Å². The molecule has 100 valence electrons. The van der Waals surface area contributed by atoms with E-state index in [0.717, 1.165) is 31.2 Å². The number of nitrogens with two attached hydrogens (primary N) is 1. The zero-order chi connectivity index (χ0) is 13.0. The summed E-state index contributed by atoms with van der Waals surface area (Å²) in [6, 6.07) is 4.14. The highest BCUT2D eigenvalue weighted by molar-refractivity contribution is 5.15. The molecule has 4 nitrogen and oxygen atoms in total. The van der Waals surface area contributed by atoms with Gasteiger partial charge in [0.15, 0.2) is 0 Å². The summed E-state index contributed by atoms with van der Waals surface area (Å²) in [6.07, 6.45) is 7.65. The fraction of sp³-hybridized carbons (Fsp3) is 0.643. The third-order valence-corrected chi connectivity index (χ3v) is 3.92. The van der Waals surface area contributed by atoms with Crippen molar-refractivity contribution in [2.75, 3.05) is 20.1 Å². The molecule has 0 bridgehead atoms. The highest BCUT2D eigenvalue weighted by atomic mass is 16.3. The highest BCUT2D eigenvalue weighted by Crippen LogP contribution is 2.31. The first-order chi connectivity index (χ1) is 8.64. The van der Waals surface area contributed by atoms with Crippen molar-refractivity contribution in [2.24, 2.45) is 5.73 Å². The summed E-state index contributed by atoms with van der Waals surface area (Å²) in [4.78, 5) is 6.20. The summed E-state index contributed by atoms with van der Waals surface area (Å²) in [6.45, 7) is 1.24. The summed E-state index contributed by atoms with van der Waals surface area (Å²) in [7, 11) is 2.04. The molecule has 0 saturated heterocycles. The molecule has 0 spiro atoms. The van der Waals surface area contributed by atoms with E-state index in [1.54, 1.807) is 12.4 Å². The predicted octanol–water partition coefficient (Wildman–Crippen LogP) is 1.32. The van der Waals surface area contributed by atoms with Crippen LogP contribution in [0.5, 0.6) is 0 Å². The lowest BCUT2D eigenvalue weighted by Crippen LogP contribution is -2.42. The Morgan fingerprint density at radius 1 is 1.39 bits per heavy atom. The van der Waals surface area contributed by atoms with Gasteiger partial charge in [0.25, 0.3) is 0 Å². The van der Waals surface area contributed by atoms with Crippen LogP contribution in [0.3, 0.4) is 0 Å². The van der Waals surface area contributed by atoms with Crippen molar-refractivity contribution in [3.63, 3.8) is 0 Å². The second-order valence-corrected chi connectivity index (χ2v) is 5.38. The number of hydrogen-bond donors (Lipinski definition) is 2. The molecule has 0 amide bonds. The SMILES string of the molecule is CN(CC1(O)CCCC1)C(CN)c1ccncc1. The number of hydrogen-bond acceptors (Lipinski definition) is 4. The quantitative estimate of drug-likeness (QED) is 0.826. The van der Waals surface area contributed by atoms with E-state index in [4.69, 9.17) is 5.73 Å². The van der Waals surface area contributed by atoms with Crippen LogP contribution in [0.4, 0.5) is 0 Å². The highest BCUT2D eigenvalue weighted by Gasteiger charge is 2.33. The molecule has 0 radical (unpaired) electrons. The third kappa shape index (κ3) is 3.07. The van der Waals surface area contributed by atoms with Gasteiger partial charge in [-0.2, -0.15) is 0 Å². The van der Waals surface area contributed by atoms with Gasteiger partial charge in [0.2, 0.25) is 0 Å². The van der Waals surface area contributed by atoms with Crippen LogP contribution in [-0.2, 0) is 0 Å². The average molecular weight is 249 g/mol. The van der Waals surface area contributed by atoms with Crippen molar-refractivity contribution in [3.8, 4) is 0 Å². The molecule has 1 aliphatic carbocycles. The Balaban J connectivity index is 2.04. The minimum atomic E-state index is -0.519. The van der Waals surface area contributed by atoms with E-state index in [-0.39, 0.29) is 6.04 Å². The fourth-order valence-corrected chi connectivity index (χ4v) is 2.92. The minimum absolute atomic E-state index is 0.151. The van der Waals surface area contributed by atoms with Gasteiger partial charge in [-0.25, -0.2) is 0 Å². The number of aliphatic hydroxyl groups is 1. The standard InChI is InChI=1S/C14H23N3O/c1-17(11-14(18)6-2-3-7-14)13(10-15)12-4-8-16-9-5-12/h4-5,8-9,13,18H,2-3,6-7,10-11,15H2,1H3. The molecule has 1 atom stereocenters. The number of nitrogens with zero attached hydrogens (tertiary/aromatic N) is 2. The van der Waals surface area contributed by atoms with Crippen LogP contribution in [-0.4, -0.2) is 40.7 Å². The van der Waals surface area contributed by atoms with Crippen LogP contribution in [0.1, 0.15) is 37.3 Å². The minimum Gasteiger partial charge on any atom is -0.389 e. The molecule has 2 rings (SSSR count). The average Bonchev–Trinajstić information content (AvgIpc) is 2.78. The Bertz CT molecular complexity index is 363. The van der Waals surface area contributed by atoms with Gasteiger partial charge in [-0.1, -0.05) is 12.8 Å². The van der Waals surface area contributed by atoms with E-state index in [9.17, 15) is 5.11 Å². The molecule has 1 aromatic heterocycles. The summed E-state index contributed by atoms with van der Waals surface area (Å²) < 4.78 is 0. The second-order valence-electron chi connectivity index (χ2n) is 5.38. The molecule has 18 heavy (non-hydrogen) atoms. The van der Waals surface area contributed by atoms with Crippen molar-refractivity contribution in [2.45, 2.75) is 37.3 Å². The molecular weight excluding hydrogens is 226 g/mol. The van der Waals surface area contributed by atoms with E-state index in [1.165, 1.54) is 0 Å². The Morgan fingerprint density at radius 3 is 2.56 bits per heavy atom. The summed E-state index contributed by atoms with van der Waals surface area (Å²) >= 11 is 0. The molecule has 1 saturated carbocycles. The summed E-state index contributed by atoms with van der Waals surface area (Å²) in [5, 5.41) is 10.5. The van der Waals surface area contributed by atoms with Gasteiger partial charge < -0.3 is 10.8 Å². The van der Waals surface area contributed by atoms with Crippen molar-refractivity contribution < 1.29 is 5.11 Å². The maximum Gasteiger partial charge on any atom is 0.0774 e. The molecule has 1 unspecified atom stereocenters. The molecule has 1 aromatic rings. The number of pyridine rings is 1. The number of likely N-dealkylation sites (N-methyl/N-ethyl adjacent to an activating group) is 1. The molecule has 3 N–H and O–H groups in total. The first-order valence-corrected chi connectivity index (χ1v) is 6.67. The van der Waals surface area contributed by atoms with Gasteiger partial charge >= 0.3 is 0 Å². The Morgan fingerprint density at radius 2 is 2.00 bits per heavy atom. The van der Waals surface area contributed by atoms with E-state index in [0.29, 0.717) is 13.1 Å². The Labute approximate surface area is 109 Å². The van der Waals surface area contributed by atoms with Crippen molar-refractivity contribution >= 4 is 0 Å². The second kappa shape index (κ2) is 5.78. The molecule has 1 heterocycles. The fourth-order valence-electron chi connectivity index (χ4n) is 2.92. The monoisotopic (exact) mass is 249 g/mol. The largest absolute Gasteiger partial charge is 0.389 e. The lowest BCUT2D eigenvalue weighted by Gasteiger charge is -2.34. The smallest absolute Gasteiger partial charge is 0.0774 e. The van der Waals surface area contributed by atoms with Crippen LogP contribution in [0.15, 0.2) is 24.5 Å². The molecule has 1 fully saturated rings. The van der Waals surface area contributed by atoms with E-state index in [1.807, 2.05) is 19.2 Å². The summed E-state index contributed by atoms with van der Waals surface area (Å²) in [5.41, 5.74) is 6.52. The lowest BCUT2D eigenvalue weighted by atomic mass is 9.99. The lowest BCUT2D eigenvalue weighted by molar-refractivity contribution is 0.00592. The van der Waals surface area contributed by atoms with Crippen molar-refractivity contribution in [3.05, 3.63) is 30.1 Å². The maximum atomic E-state index is 10.5. The van der Waals surface area contributed by atoms with Gasteiger partial charge in [-0.3, -0.25) is 9.88 Å². The van der Waals surface area contributed by atoms with Crippen molar-refractivity contribution in [1.29, 1.82) is 0 Å². The number of rotatable bonds is 5. The van der Waals surface area contributed by atoms with Crippen LogP contribution in [0.2, 0.25) is 0 Å². The van der Waals surface area contributed by atoms with Gasteiger partial charge in [-0.05, 0) is 37.6 Å². The normalized spacial score (nSPS) is 20.2. The van der Waals surface area contributed by atoms with E-state index in [2.05, 4.69) is 9.88 Å². The Kier molecular flexibility index (Phi) is 4.32. The third-order valence-electron chi connectivity index (χ3n) is 3.92. The van der Waals surface area contributed by atoms with Gasteiger partial charge in [0.05, 0.1) is 5.60 Å². The topological polar surface area (TPSA) is 62.4 Å². The molecular formula is C14H23N3O. The summed E-state index contributed by atoms with van der Waals surface area (Å²) in [5.74, 6) is 0. The van der Waals surface area contributed by atoms with Crippen LogP contribution in [0, 0.1) is 0 Å². The van der Waals surface area contributed by atoms with Crippen LogP contribution in [0.25, 0.3) is 0 Å². The van der Waals surface area contributed by atoms with Crippen LogP contribution < -0.4 is 5.73 Å². The van der Waals surface area contributed by atoms with E-state index >= 15 is 0 Å². The molecule has 4 heteroatoms.